The van der Waals surface area contributed by atoms with Crippen molar-refractivity contribution >= 4 is 33.2 Å². The van der Waals surface area contributed by atoms with Crippen LogP contribution in [0, 0.1) is 5.92 Å². The minimum absolute atomic E-state index is 0.511. The summed E-state index contributed by atoms with van der Waals surface area (Å²) in [4.78, 5) is 2.48. The van der Waals surface area contributed by atoms with E-state index in [0.29, 0.717) is 12.1 Å². The van der Waals surface area contributed by atoms with Gasteiger partial charge in [0.05, 0.1) is 5.02 Å². The molecule has 2 nitrogen and oxygen atoms in total. The van der Waals surface area contributed by atoms with E-state index in [1.165, 1.54) is 12.1 Å². The quantitative estimate of drug-likeness (QED) is 0.878. The van der Waals surface area contributed by atoms with Crippen molar-refractivity contribution in [1.82, 2.24) is 5.32 Å². The highest BCUT2D eigenvalue weighted by atomic mass is 79.9. The Labute approximate surface area is 129 Å². The second-order valence-electron chi connectivity index (χ2n) is 5.83. The van der Waals surface area contributed by atoms with Crippen LogP contribution in [0.5, 0.6) is 0 Å². The smallest absolute Gasteiger partial charge is 0.0549 e. The Morgan fingerprint density at radius 1 is 1.47 bits per heavy atom. The van der Waals surface area contributed by atoms with E-state index in [1.807, 2.05) is 6.07 Å². The molecule has 1 fully saturated rings. The maximum atomic E-state index is 6.08. The van der Waals surface area contributed by atoms with Crippen LogP contribution >= 0.6 is 27.5 Å². The third-order valence-corrected chi connectivity index (χ3v) is 4.86. The first-order chi connectivity index (χ1) is 8.97. The molecule has 106 valence electrons. The number of hydrogen-bond acceptors (Lipinski definition) is 2. The van der Waals surface area contributed by atoms with E-state index in [1.54, 1.807) is 0 Å². The topological polar surface area (TPSA) is 15.3 Å². The van der Waals surface area contributed by atoms with Crippen molar-refractivity contribution in [2.45, 2.75) is 39.3 Å². The molecule has 2 rings (SSSR count). The number of piperazine rings is 1. The molecule has 1 saturated heterocycles. The highest BCUT2D eigenvalue weighted by Gasteiger charge is 2.25. The Morgan fingerprint density at radius 2 is 2.21 bits per heavy atom. The molecule has 1 N–H and O–H groups in total. The molecule has 2 unspecified atom stereocenters. The van der Waals surface area contributed by atoms with Gasteiger partial charge in [0.1, 0.15) is 0 Å². The van der Waals surface area contributed by atoms with Gasteiger partial charge in [-0.25, -0.2) is 0 Å². The molecule has 1 aliphatic heterocycles. The number of anilines is 1. The first kappa shape index (κ1) is 15.1. The van der Waals surface area contributed by atoms with E-state index in [0.717, 1.165) is 28.5 Å². The van der Waals surface area contributed by atoms with Gasteiger partial charge in [-0.2, -0.15) is 0 Å². The van der Waals surface area contributed by atoms with Crippen LogP contribution in [-0.2, 0) is 0 Å². The fraction of sp³-hybridized carbons (Fsp3) is 0.600. The largest absolute Gasteiger partial charge is 0.366 e. The Balaban J connectivity index is 2.14. The summed E-state index contributed by atoms with van der Waals surface area (Å²) >= 11 is 9.59. The minimum atomic E-state index is 0.511. The molecule has 19 heavy (non-hydrogen) atoms. The number of benzene rings is 1. The van der Waals surface area contributed by atoms with Crippen molar-refractivity contribution in [1.29, 1.82) is 0 Å². The van der Waals surface area contributed by atoms with Crippen molar-refractivity contribution in [2.75, 3.05) is 18.0 Å². The first-order valence-electron chi connectivity index (χ1n) is 6.92. The predicted octanol–water partition coefficient (Wildman–Crippen LogP) is 4.32. The lowest BCUT2D eigenvalue weighted by Gasteiger charge is -2.41. The highest BCUT2D eigenvalue weighted by molar-refractivity contribution is 9.10. The van der Waals surface area contributed by atoms with E-state index in [2.05, 4.69) is 59.1 Å². The molecule has 0 bridgehead atoms. The van der Waals surface area contributed by atoms with Crippen molar-refractivity contribution in [3.8, 4) is 0 Å². The monoisotopic (exact) mass is 344 g/mol. The number of halogens is 2. The summed E-state index contributed by atoms with van der Waals surface area (Å²) in [6.07, 6.45) is 1.22. The molecular weight excluding hydrogens is 324 g/mol. The summed E-state index contributed by atoms with van der Waals surface area (Å²) in [5.74, 6) is 0.727. The van der Waals surface area contributed by atoms with Crippen molar-refractivity contribution in [3.63, 3.8) is 0 Å². The molecule has 1 aromatic rings. The van der Waals surface area contributed by atoms with Gasteiger partial charge in [0, 0.05) is 35.3 Å². The first-order valence-corrected chi connectivity index (χ1v) is 8.09. The van der Waals surface area contributed by atoms with Crippen LogP contribution in [0.2, 0.25) is 5.02 Å². The molecule has 0 aliphatic carbocycles. The van der Waals surface area contributed by atoms with E-state index in [-0.39, 0.29) is 0 Å². The lowest BCUT2D eigenvalue weighted by atomic mass is 9.99. The van der Waals surface area contributed by atoms with E-state index < -0.39 is 0 Å². The Morgan fingerprint density at radius 3 is 2.84 bits per heavy atom. The third kappa shape index (κ3) is 3.87. The average molecular weight is 346 g/mol. The fourth-order valence-electron chi connectivity index (χ4n) is 2.68. The fourth-order valence-corrected chi connectivity index (χ4v) is 3.16. The molecule has 0 saturated carbocycles. The van der Waals surface area contributed by atoms with E-state index >= 15 is 0 Å². The van der Waals surface area contributed by atoms with Gasteiger partial charge in [-0.05, 0) is 53.4 Å². The zero-order chi connectivity index (χ0) is 14.0. The summed E-state index contributed by atoms with van der Waals surface area (Å²) in [6, 6.07) is 7.28. The van der Waals surface area contributed by atoms with Gasteiger partial charge in [-0.15, -0.1) is 0 Å². The van der Waals surface area contributed by atoms with Crippen LogP contribution in [-0.4, -0.2) is 25.2 Å². The van der Waals surface area contributed by atoms with Gasteiger partial charge in [0.2, 0.25) is 0 Å². The number of nitrogens with zero attached hydrogens (tertiary/aromatic N) is 1. The van der Waals surface area contributed by atoms with Gasteiger partial charge >= 0.3 is 0 Å². The Bertz CT molecular complexity index is 436. The molecule has 0 amide bonds. The molecule has 1 aromatic carbocycles. The maximum Gasteiger partial charge on any atom is 0.0549 e. The van der Waals surface area contributed by atoms with Gasteiger partial charge in [0.15, 0.2) is 0 Å². The van der Waals surface area contributed by atoms with Crippen LogP contribution in [0.1, 0.15) is 27.2 Å². The normalized spacial score (nSPS) is 24.0. The molecule has 1 heterocycles. The molecule has 0 radical (unpaired) electrons. The highest BCUT2D eigenvalue weighted by Crippen LogP contribution is 2.29. The average Bonchev–Trinajstić information content (AvgIpc) is 2.34. The number of nitrogens with one attached hydrogen (secondary N) is 1. The molecule has 1 aliphatic rings. The summed E-state index contributed by atoms with van der Waals surface area (Å²) in [5.41, 5.74) is 1.25. The van der Waals surface area contributed by atoms with Crippen LogP contribution < -0.4 is 10.2 Å². The summed E-state index contributed by atoms with van der Waals surface area (Å²) in [7, 11) is 0. The Kier molecular flexibility index (Phi) is 5.15. The summed E-state index contributed by atoms with van der Waals surface area (Å²) in [6.45, 7) is 8.93. The lowest BCUT2D eigenvalue weighted by molar-refractivity contribution is 0.356. The zero-order valence-corrected chi connectivity index (χ0v) is 14.1. The lowest BCUT2D eigenvalue weighted by Crippen LogP contribution is -2.55. The summed E-state index contributed by atoms with van der Waals surface area (Å²) < 4.78 is 0.970. The van der Waals surface area contributed by atoms with Crippen LogP contribution in [0.15, 0.2) is 22.7 Å². The van der Waals surface area contributed by atoms with Gasteiger partial charge in [-0.3, -0.25) is 0 Å². The minimum Gasteiger partial charge on any atom is -0.366 e. The van der Waals surface area contributed by atoms with Gasteiger partial charge < -0.3 is 10.2 Å². The van der Waals surface area contributed by atoms with Crippen LogP contribution in [0.25, 0.3) is 0 Å². The van der Waals surface area contributed by atoms with Crippen molar-refractivity contribution < 1.29 is 0 Å². The predicted molar refractivity (Wildman–Crippen MR) is 87.2 cm³/mol. The molecule has 0 spiro atoms. The number of rotatable bonds is 3. The van der Waals surface area contributed by atoms with E-state index in [9.17, 15) is 0 Å². The standard InChI is InChI=1S/C15H22BrClN2/c1-10(2)6-12-9-19(11(3)8-18-12)13-4-5-15(17)14(16)7-13/h4-5,7,10-12,18H,6,8-9H2,1-3H3. The van der Waals surface area contributed by atoms with Crippen molar-refractivity contribution in [3.05, 3.63) is 27.7 Å². The van der Waals surface area contributed by atoms with E-state index in [4.69, 9.17) is 11.6 Å². The molecule has 0 aromatic heterocycles. The molecular formula is C15H22BrClN2. The second kappa shape index (κ2) is 6.47. The van der Waals surface area contributed by atoms with Crippen LogP contribution in [0.3, 0.4) is 0 Å². The second-order valence-corrected chi connectivity index (χ2v) is 7.10. The zero-order valence-electron chi connectivity index (χ0n) is 11.8. The van der Waals surface area contributed by atoms with Gasteiger partial charge in [-0.1, -0.05) is 25.4 Å². The SMILES string of the molecule is CC(C)CC1CN(c2ccc(Cl)c(Br)c2)C(C)CN1. The summed E-state index contributed by atoms with van der Waals surface area (Å²) in [5, 5.41) is 4.42. The number of hydrogen-bond donors (Lipinski definition) is 1. The van der Waals surface area contributed by atoms with Crippen LogP contribution in [0.4, 0.5) is 5.69 Å². The third-order valence-electron chi connectivity index (χ3n) is 3.64. The molecule has 4 heteroatoms. The maximum absolute atomic E-state index is 6.08. The van der Waals surface area contributed by atoms with Gasteiger partial charge in [0.25, 0.3) is 0 Å². The van der Waals surface area contributed by atoms with Crippen molar-refractivity contribution in [2.24, 2.45) is 5.92 Å². The molecule has 2 atom stereocenters. The Hall–Kier alpha value is -0.250.